The monoisotopic (exact) mass is 796 g/mol. The van der Waals surface area contributed by atoms with Crippen LogP contribution in [0.5, 0.6) is 11.5 Å². The number of hydrogen-bond donors (Lipinski definition) is 2. The number of ether oxygens (including phenoxy) is 2. The first-order valence-corrected chi connectivity index (χ1v) is 22.8. The van der Waals surface area contributed by atoms with E-state index in [4.69, 9.17) is 24.5 Å². The molecule has 4 aromatic rings. The highest BCUT2D eigenvalue weighted by Gasteiger charge is 2.36. The minimum absolute atomic E-state index is 0.212. The van der Waals surface area contributed by atoms with Crippen LogP contribution in [0.15, 0.2) is 48.5 Å². The molecule has 0 radical (unpaired) electrons. The molecule has 2 saturated carbocycles. The minimum Gasteiger partial charge on any atom is -0.490 e. The molecule has 2 N–H and O–H groups in total. The lowest BCUT2D eigenvalue weighted by atomic mass is 9.86. The van der Waals surface area contributed by atoms with E-state index in [1.54, 1.807) is 16.2 Å². The number of aromatic nitrogens is 2. The molecule has 2 saturated heterocycles. The van der Waals surface area contributed by atoms with Gasteiger partial charge in [-0.3, -0.25) is 4.79 Å². The zero-order valence-corrected chi connectivity index (χ0v) is 34.1. The molecule has 56 heavy (non-hydrogen) atoms. The minimum atomic E-state index is -0.428. The Morgan fingerprint density at radius 2 is 1.18 bits per heavy atom. The predicted molar refractivity (Wildman–Crippen MR) is 222 cm³/mol. The third-order valence-electron chi connectivity index (χ3n) is 12.6. The van der Waals surface area contributed by atoms with Gasteiger partial charge in [-0.2, -0.15) is 0 Å². The molecule has 2 aromatic heterocycles. The van der Waals surface area contributed by atoms with Crippen molar-refractivity contribution < 1.29 is 19.4 Å². The number of nitrogens with one attached hydrogen (secondary N) is 1. The zero-order valence-electron chi connectivity index (χ0n) is 32.5. The molecule has 4 aliphatic heterocycles. The van der Waals surface area contributed by atoms with Crippen LogP contribution in [0, 0.1) is 0 Å². The highest BCUT2D eigenvalue weighted by molar-refractivity contribution is 7.15. The predicted octanol–water partition coefficient (Wildman–Crippen LogP) is 6.93. The van der Waals surface area contributed by atoms with E-state index in [1.165, 1.54) is 93.7 Å². The molecule has 10 nitrogen and oxygen atoms in total. The Balaban J connectivity index is 0.000000148. The molecule has 2 aliphatic carbocycles. The number of rotatable bonds is 9. The van der Waals surface area contributed by atoms with E-state index in [9.17, 15) is 4.79 Å². The van der Waals surface area contributed by atoms with Gasteiger partial charge in [-0.1, -0.05) is 12.8 Å². The maximum absolute atomic E-state index is 11.8. The van der Waals surface area contributed by atoms with E-state index in [0.717, 1.165) is 82.5 Å². The molecule has 2 aromatic carbocycles. The van der Waals surface area contributed by atoms with E-state index >= 15 is 0 Å². The Morgan fingerprint density at radius 3 is 1.68 bits per heavy atom. The summed E-state index contributed by atoms with van der Waals surface area (Å²) in [5.41, 5.74) is 4.65. The zero-order chi connectivity index (χ0) is 37.8. The quantitative estimate of drug-likeness (QED) is 0.187. The lowest BCUT2D eigenvalue weighted by molar-refractivity contribution is -0.135. The van der Waals surface area contributed by atoms with Crippen LogP contribution in [0.3, 0.4) is 0 Å². The topological polar surface area (TPSA) is 103 Å². The third kappa shape index (κ3) is 8.85. The summed E-state index contributed by atoms with van der Waals surface area (Å²) >= 11 is 3.46. The highest BCUT2D eigenvalue weighted by atomic mass is 32.1. The first kappa shape index (κ1) is 38.1. The largest absolute Gasteiger partial charge is 0.490 e. The Labute approximate surface area is 339 Å². The molecule has 1 amide bonds. The number of likely N-dealkylation sites (tertiary alicyclic amines) is 2. The first-order chi connectivity index (χ1) is 27.5. The number of carbonyl (C=O) groups is 1. The van der Waals surface area contributed by atoms with Crippen LogP contribution in [0.1, 0.15) is 85.4 Å². The summed E-state index contributed by atoms with van der Waals surface area (Å²) in [6.45, 7) is 7.86. The Morgan fingerprint density at radius 1 is 0.679 bits per heavy atom. The van der Waals surface area contributed by atoms with Crippen molar-refractivity contribution in [3.8, 4) is 32.6 Å². The molecule has 0 unspecified atom stereocenters. The summed E-state index contributed by atoms with van der Waals surface area (Å²) in [5.74, 6) is 1.72. The summed E-state index contributed by atoms with van der Waals surface area (Å²) in [5, 5.41) is 14.6. The fourth-order valence-electron chi connectivity index (χ4n) is 9.05. The van der Waals surface area contributed by atoms with Gasteiger partial charge < -0.3 is 34.6 Å². The maximum Gasteiger partial charge on any atom is 0.248 e. The highest BCUT2D eigenvalue weighted by Crippen LogP contribution is 2.36. The van der Waals surface area contributed by atoms with Crippen molar-refractivity contribution in [2.45, 2.75) is 114 Å². The van der Waals surface area contributed by atoms with Gasteiger partial charge in [0, 0.05) is 91.1 Å². The summed E-state index contributed by atoms with van der Waals surface area (Å²) < 4.78 is 12.4. The molecular formula is C44H56N6O4S2. The lowest BCUT2D eigenvalue weighted by Crippen LogP contribution is -2.50. The van der Waals surface area contributed by atoms with Gasteiger partial charge in [0.25, 0.3) is 0 Å². The Kier molecular flexibility index (Phi) is 12.0. The van der Waals surface area contributed by atoms with E-state index < -0.39 is 6.61 Å². The average molecular weight is 797 g/mol. The lowest BCUT2D eigenvalue weighted by Gasteiger charge is -2.44. The van der Waals surface area contributed by atoms with Crippen molar-refractivity contribution in [2.24, 2.45) is 0 Å². The molecule has 6 heterocycles. The smallest absolute Gasteiger partial charge is 0.248 e. The number of thiazole rings is 2. The van der Waals surface area contributed by atoms with Crippen LogP contribution in [0.2, 0.25) is 0 Å². The van der Waals surface area contributed by atoms with E-state index in [0.29, 0.717) is 31.3 Å². The van der Waals surface area contributed by atoms with Gasteiger partial charge in [0.15, 0.2) is 0 Å². The van der Waals surface area contributed by atoms with Gasteiger partial charge >= 0.3 is 0 Å². The van der Waals surface area contributed by atoms with Crippen molar-refractivity contribution in [2.75, 3.05) is 45.9 Å². The first-order valence-electron chi connectivity index (χ1n) is 21.1. The van der Waals surface area contributed by atoms with Crippen LogP contribution >= 0.6 is 22.7 Å². The summed E-state index contributed by atoms with van der Waals surface area (Å²) in [6, 6.07) is 18.3. The molecule has 10 rings (SSSR count). The number of amides is 1. The third-order valence-corrected chi connectivity index (χ3v) is 14.9. The second-order valence-electron chi connectivity index (χ2n) is 16.4. The van der Waals surface area contributed by atoms with Gasteiger partial charge in [-0.05, 0) is 100 Å². The van der Waals surface area contributed by atoms with Gasteiger partial charge in [0.2, 0.25) is 5.91 Å². The van der Waals surface area contributed by atoms with Gasteiger partial charge in [-0.15, -0.1) is 22.7 Å². The standard InChI is InChI=1S/C23H29N3O3S.C21H27N3OS/c27-15-22(28)26-11-8-20-21(14-26)30-23(24-20)16-4-6-18(7-5-16)29-19-12-17(13-19)25-9-2-1-3-10-25;1-2-10-24(11-3-1)16-12-18(13-16)25-17-6-4-15(5-7-17)21-23-19-8-9-22-14-20(19)26-21/h4-7,17,19,27H,1-3,8-15H2;4-7,16,18,22H,1-3,8-14H2. The molecule has 298 valence electrons. The molecule has 12 heteroatoms. The molecule has 0 spiro atoms. The van der Waals surface area contributed by atoms with Crippen LogP contribution in [0.4, 0.5) is 0 Å². The number of fused-ring (bicyclic) bond motifs is 2. The normalized spacial score (nSPS) is 25.1. The molecule has 0 atom stereocenters. The van der Waals surface area contributed by atoms with E-state index in [2.05, 4.69) is 51.5 Å². The van der Waals surface area contributed by atoms with Crippen LogP contribution < -0.4 is 14.8 Å². The summed E-state index contributed by atoms with van der Waals surface area (Å²) in [7, 11) is 0. The summed E-state index contributed by atoms with van der Waals surface area (Å²) in [6.07, 6.45) is 15.4. The second-order valence-corrected chi connectivity index (χ2v) is 18.6. The number of aliphatic hydroxyl groups excluding tert-OH is 1. The molecular weight excluding hydrogens is 741 g/mol. The number of aliphatic hydroxyl groups is 1. The van der Waals surface area contributed by atoms with Gasteiger partial charge in [0.1, 0.15) is 40.3 Å². The van der Waals surface area contributed by atoms with Crippen LogP contribution in [-0.2, 0) is 30.7 Å². The second kappa shape index (κ2) is 17.6. The average Bonchev–Trinajstić information content (AvgIpc) is 3.86. The fourth-order valence-corrected chi connectivity index (χ4v) is 11.3. The van der Waals surface area contributed by atoms with Crippen molar-refractivity contribution in [3.05, 3.63) is 69.7 Å². The van der Waals surface area contributed by atoms with Crippen molar-refractivity contribution in [1.29, 1.82) is 0 Å². The molecule has 0 bridgehead atoms. The van der Waals surface area contributed by atoms with Crippen molar-refractivity contribution in [1.82, 2.24) is 30.0 Å². The van der Waals surface area contributed by atoms with Crippen LogP contribution in [0.25, 0.3) is 21.1 Å². The SMILES string of the molecule is O=C(CO)N1CCc2nc(-c3ccc(OC4CC(N5CCCCC5)C4)cc3)sc2C1.c1cc(-c2nc3c(s2)CNCC3)ccc1OC1CC(N2CCCCC2)C1. The Hall–Kier alpha value is -3.39. The van der Waals surface area contributed by atoms with Gasteiger partial charge in [0.05, 0.1) is 17.9 Å². The van der Waals surface area contributed by atoms with Crippen LogP contribution in [-0.4, -0.2) is 106 Å². The van der Waals surface area contributed by atoms with Crippen molar-refractivity contribution >= 4 is 28.6 Å². The van der Waals surface area contributed by atoms with E-state index in [-0.39, 0.29) is 5.91 Å². The Bertz CT molecular complexity index is 1880. The van der Waals surface area contributed by atoms with E-state index in [1.807, 2.05) is 23.5 Å². The number of benzene rings is 2. The number of carbonyl (C=O) groups excluding carboxylic acids is 1. The molecule has 6 aliphatic rings. The van der Waals surface area contributed by atoms with Gasteiger partial charge in [-0.25, -0.2) is 9.97 Å². The summed E-state index contributed by atoms with van der Waals surface area (Å²) in [4.78, 5) is 30.9. The maximum atomic E-state index is 11.8. The number of piperidine rings is 2. The van der Waals surface area contributed by atoms with Crippen molar-refractivity contribution in [3.63, 3.8) is 0 Å². The fraction of sp³-hybridized carbons (Fsp3) is 0.568. The number of hydrogen-bond acceptors (Lipinski definition) is 11. The molecule has 4 fully saturated rings. The number of nitrogens with zero attached hydrogens (tertiary/aromatic N) is 5.